The van der Waals surface area contributed by atoms with E-state index < -0.39 is 4.92 Å². The van der Waals surface area contributed by atoms with E-state index >= 15 is 0 Å². The molecule has 0 spiro atoms. The third kappa shape index (κ3) is 5.99. The average molecular weight is 314 g/mol. The number of thioether (sulfide) groups is 1. The molecule has 1 rings (SSSR count). The van der Waals surface area contributed by atoms with Crippen molar-refractivity contribution in [1.82, 2.24) is 10.6 Å². The van der Waals surface area contributed by atoms with E-state index in [1.807, 2.05) is 32.0 Å². The highest BCUT2D eigenvalue weighted by molar-refractivity contribution is 7.98. The lowest BCUT2D eigenvalue weighted by molar-refractivity contribution is -0.404. The van der Waals surface area contributed by atoms with Gasteiger partial charge in [-0.05, 0) is 12.5 Å². The highest BCUT2D eigenvalue weighted by Crippen LogP contribution is 2.24. The second-order valence-electron chi connectivity index (χ2n) is 4.64. The highest BCUT2D eigenvalue weighted by Gasteiger charge is 2.08. The van der Waals surface area contributed by atoms with Gasteiger partial charge in [0.2, 0.25) is 0 Å². The molecule has 118 valence electrons. The molecule has 7 nitrogen and oxygen atoms in total. The summed E-state index contributed by atoms with van der Waals surface area (Å²) in [6, 6.07) is 2.02. The minimum Gasteiger partial charge on any atom is -0.444 e. The van der Waals surface area contributed by atoms with Crippen molar-refractivity contribution in [3.8, 4) is 0 Å². The van der Waals surface area contributed by atoms with Gasteiger partial charge >= 0.3 is 0 Å². The summed E-state index contributed by atoms with van der Waals surface area (Å²) >= 11 is 1.72. The van der Waals surface area contributed by atoms with Crippen LogP contribution in [0.3, 0.4) is 0 Å². The van der Waals surface area contributed by atoms with Crippen molar-refractivity contribution >= 4 is 17.6 Å². The van der Waals surface area contributed by atoms with Crippen LogP contribution in [0.2, 0.25) is 0 Å². The summed E-state index contributed by atoms with van der Waals surface area (Å²) in [6.45, 7) is 2.68. The lowest BCUT2D eigenvalue weighted by Gasteiger charge is -2.08. The predicted molar refractivity (Wildman–Crippen MR) is 86.1 cm³/mol. The minimum atomic E-state index is -0.485. The van der Waals surface area contributed by atoms with Crippen LogP contribution >= 0.6 is 11.8 Å². The molecule has 0 aliphatic carbocycles. The SMILES string of the molecule is CNC(=C[N+](=O)[O-])NCCSCc1oc(N(C)C)cc1C. The fourth-order valence-corrected chi connectivity index (χ4v) is 2.46. The molecular weight excluding hydrogens is 292 g/mol. The Morgan fingerprint density at radius 1 is 1.57 bits per heavy atom. The van der Waals surface area contributed by atoms with E-state index in [9.17, 15) is 10.1 Å². The molecular formula is C13H22N4O3S. The fraction of sp³-hybridized carbons (Fsp3) is 0.538. The van der Waals surface area contributed by atoms with E-state index in [4.69, 9.17) is 4.42 Å². The monoisotopic (exact) mass is 314 g/mol. The smallest absolute Gasteiger partial charge is 0.274 e. The Morgan fingerprint density at radius 2 is 2.29 bits per heavy atom. The first kappa shape index (κ1) is 17.2. The summed E-state index contributed by atoms with van der Waals surface area (Å²) in [5, 5.41) is 16.1. The summed E-state index contributed by atoms with van der Waals surface area (Å²) in [7, 11) is 5.53. The molecule has 0 saturated heterocycles. The van der Waals surface area contributed by atoms with Crippen LogP contribution in [0.5, 0.6) is 0 Å². The first-order chi connectivity index (χ1) is 9.93. The lowest BCUT2D eigenvalue weighted by Crippen LogP contribution is -2.26. The van der Waals surface area contributed by atoms with Crippen LogP contribution in [0.25, 0.3) is 0 Å². The standard InChI is InChI=1S/C13H22N4O3S/c1-10-7-13(16(3)4)20-11(10)9-21-6-5-15-12(14-2)8-17(18)19/h7-8,14-15H,5-6,9H2,1-4H3. The summed E-state index contributed by atoms with van der Waals surface area (Å²) in [5.74, 6) is 3.85. The van der Waals surface area contributed by atoms with E-state index in [-0.39, 0.29) is 0 Å². The zero-order valence-electron chi connectivity index (χ0n) is 12.8. The largest absolute Gasteiger partial charge is 0.444 e. The maximum Gasteiger partial charge on any atom is 0.274 e. The summed E-state index contributed by atoms with van der Waals surface area (Å²) in [5.41, 5.74) is 1.14. The second kappa shape index (κ2) is 8.46. The average Bonchev–Trinajstić information content (AvgIpc) is 2.78. The van der Waals surface area contributed by atoms with Gasteiger partial charge in [0.05, 0.1) is 10.7 Å². The summed E-state index contributed by atoms with van der Waals surface area (Å²) in [4.78, 5) is 11.8. The van der Waals surface area contributed by atoms with Gasteiger partial charge in [0.25, 0.3) is 6.20 Å². The molecule has 1 aromatic heterocycles. The molecule has 0 bridgehead atoms. The maximum absolute atomic E-state index is 10.4. The third-order valence-corrected chi connectivity index (χ3v) is 3.71. The minimum absolute atomic E-state index is 0.407. The molecule has 0 fully saturated rings. The van der Waals surface area contributed by atoms with Crippen LogP contribution in [0, 0.1) is 17.0 Å². The van der Waals surface area contributed by atoms with Gasteiger partial charge in [0.1, 0.15) is 5.76 Å². The Labute approximate surface area is 128 Å². The van der Waals surface area contributed by atoms with Crippen molar-refractivity contribution < 1.29 is 9.34 Å². The van der Waals surface area contributed by atoms with Crippen molar-refractivity contribution in [1.29, 1.82) is 0 Å². The quantitative estimate of drug-likeness (QED) is 0.408. The van der Waals surface area contributed by atoms with Gasteiger partial charge in [-0.3, -0.25) is 10.1 Å². The van der Waals surface area contributed by atoms with Gasteiger partial charge in [-0.25, -0.2) is 0 Å². The molecule has 21 heavy (non-hydrogen) atoms. The number of hydrogen-bond donors (Lipinski definition) is 2. The van der Waals surface area contributed by atoms with E-state index in [2.05, 4.69) is 10.6 Å². The molecule has 0 aliphatic rings. The van der Waals surface area contributed by atoms with Gasteiger partial charge in [0, 0.05) is 39.5 Å². The van der Waals surface area contributed by atoms with Crippen molar-refractivity contribution in [3.63, 3.8) is 0 Å². The number of hydrogen-bond acceptors (Lipinski definition) is 7. The van der Waals surface area contributed by atoms with Crippen molar-refractivity contribution in [3.05, 3.63) is 39.5 Å². The van der Waals surface area contributed by atoms with E-state index in [0.29, 0.717) is 12.4 Å². The maximum atomic E-state index is 10.4. The predicted octanol–water partition coefficient (Wildman–Crippen LogP) is 1.77. The zero-order valence-corrected chi connectivity index (χ0v) is 13.6. The highest BCUT2D eigenvalue weighted by atomic mass is 32.2. The zero-order chi connectivity index (χ0) is 15.8. The summed E-state index contributed by atoms with van der Waals surface area (Å²) < 4.78 is 5.75. The van der Waals surface area contributed by atoms with Crippen LogP contribution in [-0.4, -0.2) is 38.4 Å². The van der Waals surface area contributed by atoms with Gasteiger partial charge < -0.3 is 20.0 Å². The Bertz CT molecular complexity index is 500. The fourth-order valence-electron chi connectivity index (χ4n) is 1.59. The van der Waals surface area contributed by atoms with Crippen LogP contribution < -0.4 is 15.5 Å². The van der Waals surface area contributed by atoms with Crippen LogP contribution in [0.15, 0.2) is 22.5 Å². The molecule has 0 aromatic carbocycles. The molecule has 0 aliphatic heterocycles. The number of nitrogens with zero attached hydrogens (tertiary/aromatic N) is 2. The Hall–Kier alpha value is -1.83. The molecule has 0 saturated carbocycles. The van der Waals surface area contributed by atoms with Crippen LogP contribution in [0.1, 0.15) is 11.3 Å². The lowest BCUT2D eigenvalue weighted by atomic mass is 10.3. The van der Waals surface area contributed by atoms with Gasteiger partial charge in [-0.1, -0.05) is 0 Å². The molecule has 0 amide bonds. The van der Waals surface area contributed by atoms with Crippen LogP contribution in [-0.2, 0) is 5.75 Å². The number of anilines is 1. The Kier molecular flexibility index (Phi) is 6.93. The van der Waals surface area contributed by atoms with E-state index in [0.717, 1.165) is 34.9 Å². The topological polar surface area (TPSA) is 83.6 Å². The Balaban J connectivity index is 2.33. The van der Waals surface area contributed by atoms with E-state index in [1.165, 1.54) is 0 Å². The molecule has 1 aromatic rings. The number of nitrogens with one attached hydrogen (secondary N) is 2. The molecule has 0 radical (unpaired) electrons. The number of rotatable bonds is 9. The van der Waals surface area contributed by atoms with Crippen molar-refractivity contribution in [2.45, 2.75) is 12.7 Å². The Morgan fingerprint density at radius 3 is 2.81 bits per heavy atom. The molecule has 8 heteroatoms. The van der Waals surface area contributed by atoms with Crippen molar-refractivity contribution in [2.75, 3.05) is 38.3 Å². The first-order valence-corrected chi connectivity index (χ1v) is 7.70. The number of furan rings is 1. The van der Waals surface area contributed by atoms with Gasteiger partial charge in [-0.2, -0.15) is 11.8 Å². The van der Waals surface area contributed by atoms with Gasteiger partial charge in [0.15, 0.2) is 11.7 Å². The first-order valence-electron chi connectivity index (χ1n) is 6.55. The molecule has 1 heterocycles. The number of nitro groups is 1. The number of aryl methyl sites for hydroxylation is 1. The summed E-state index contributed by atoms with van der Waals surface area (Å²) in [6.07, 6.45) is 0.921. The van der Waals surface area contributed by atoms with Crippen molar-refractivity contribution in [2.24, 2.45) is 0 Å². The molecule has 0 atom stereocenters. The van der Waals surface area contributed by atoms with Gasteiger partial charge in [-0.15, -0.1) is 0 Å². The van der Waals surface area contributed by atoms with E-state index in [1.54, 1.807) is 18.8 Å². The normalized spacial score (nSPS) is 11.3. The molecule has 2 N–H and O–H groups in total. The third-order valence-electron chi connectivity index (χ3n) is 2.75. The second-order valence-corrected chi connectivity index (χ2v) is 5.75. The van der Waals surface area contributed by atoms with Crippen LogP contribution in [0.4, 0.5) is 5.88 Å². The molecule has 0 unspecified atom stereocenters.